The van der Waals surface area contributed by atoms with Crippen LogP contribution < -0.4 is 10.2 Å². The summed E-state index contributed by atoms with van der Waals surface area (Å²) < 4.78 is 11.8. The average molecular weight is 463 g/mol. The van der Waals surface area contributed by atoms with E-state index in [0.29, 0.717) is 24.3 Å². The summed E-state index contributed by atoms with van der Waals surface area (Å²) in [5.74, 6) is 0.329. The SMILES string of the molecule is O=C(/C=C/c1ccc2c(c1)C(=O)CC1(CCN(Cc3ccccc3)C1)O2)NOC1CCCCO1. The normalized spacial score (nSPS) is 24.8. The second-order valence-corrected chi connectivity index (χ2v) is 9.30. The number of rotatable bonds is 6. The minimum absolute atomic E-state index is 0.0836. The maximum Gasteiger partial charge on any atom is 0.267 e. The number of nitrogens with one attached hydrogen (secondary N) is 1. The van der Waals surface area contributed by atoms with Gasteiger partial charge in [0.1, 0.15) is 11.4 Å². The van der Waals surface area contributed by atoms with E-state index < -0.39 is 11.9 Å². The minimum atomic E-state index is -0.464. The van der Waals surface area contributed by atoms with Gasteiger partial charge in [-0.05, 0) is 42.2 Å². The second kappa shape index (κ2) is 10.1. The van der Waals surface area contributed by atoms with Gasteiger partial charge in [0, 0.05) is 45.2 Å². The molecule has 3 aliphatic rings. The fourth-order valence-electron chi connectivity index (χ4n) is 4.88. The van der Waals surface area contributed by atoms with E-state index in [1.807, 2.05) is 30.3 Å². The van der Waals surface area contributed by atoms with Gasteiger partial charge in [0.2, 0.25) is 0 Å². The molecule has 178 valence electrons. The van der Waals surface area contributed by atoms with Crippen LogP contribution in [0.3, 0.4) is 0 Å². The number of hydrogen-bond acceptors (Lipinski definition) is 6. The number of hydroxylamine groups is 1. The number of ketones is 1. The zero-order valence-electron chi connectivity index (χ0n) is 19.2. The van der Waals surface area contributed by atoms with Crippen LogP contribution in [0, 0.1) is 0 Å². The molecule has 2 atom stereocenters. The zero-order valence-corrected chi connectivity index (χ0v) is 19.2. The summed E-state index contributed by atoms with van der Waals surface area (Å²) in [5.41, 5.74) is 4.53. The number of benzene rings is 2. The van der Waals surface area contributed by atoms with E-state index in [9.17, 15) is 9.59 Å². The predicted octanol–water partition coefficient (Wildman–Crippen LogP) is 3.88. The Hall–Kier alpha value is -3.00. The van der Waals surface area contributed by atoms with E-state index in [2.05, 4.69) is 22.5 Å². The summed E-state index contributed by atoms with van der Waals surface area (Å²) in [7, 11) is 0. The van der Waals surface area contributed by atoms with Crippen molar-refractivity contribution in [3.05, 3.63) is 71.3 Å². The highest BCUT2D eigenvalue weighted by Crippen LogP contribution is 2.39. The van der Waals surface area contributed by atoms with Gasteiger partial charge in [0.15, 0.2) is 12.1 Å². The maximum atomic E-state index is 13.0. The number of nitrogens with zero attached hydrogens (tertiary/aromatic N) is 1. The lowest BCUT2D eigenvalue weighted by atomic mass is 9.88. The van der Waals surface area contributed by atoms with Crippen molar-refractivity contribution in [2.24, 2.45) is 0 Å². The van der Waals surface area contributed by atoms with Crippen LogP contribution >= 0.6 is 0 Å². The van der Waals surface area contributed by atoms with Gasteiger partial charge in [-0.15, -0.1) is 0 Å². The molecular weight excluding hydrogens is 432 g/mol. The Morgan fingerprint density at radius 3 is 2.91 bits per heavy atom. The van der Waals surface area contributed by atoms with Crippen molar-refractivity contribution in [3.63, 3.8) is 0 Å². The number of Topliss-reactive ketones (excluding diaryl/α,β-unsaturated/α-hetero) is 1. The molecule has 0 radical (unpaired) electrons. The van der Waals surface area contributed by atoms with Crippen LogP contribution in [0.15, 0.2) is 54.6 Å². The number of likely N-dealkylation sites (tertiary alicyclic amines) is 1. The summed E-state index contributed by atoms with van der Waals surface area (Å²) in [6, 6.07) is 15.8. The first-order valence-electron chi connectivity index (χ1n) is 12.0. The van der Waals surface area contributed by atoms with Gasteiger partial charge < -0.3 is 9.47 Å². The number of amides is 1. The van der Waals surface area contributed by atoms with Crippen LogP contribution in [-0.2, 0) is 20.9 Å². The molecule has 1 spiro atoms. The number of hydrogen-bond donors (Lipinski definition) is 1. The summed E-state index contributed by atoms with van der Waals surface area (Å²) in [4.78, 5) is 32.8. The fourth-order valence-corrected chi connectivity index (χ4v) is 4.88. The van der Waals surface area contributed by atoms with E-state index >= 15 is 0 Å². The topological polar surface area (TPSA) is 77.1 Å². The molecule has 2 aromatic carbocycles. The third kappa shape index (κ3) is 5.38. The fraction of sp³-hybridized carbons (Fsp3) is 0.407. The molecule has 3 aliphatic heterocycles. The van der Waals surface area contributed by atoms with Crippen molar-refractivity contribution in [1.82, 2.24) is 10.4 Å². The molecular formula is C27H30N2O5. The first-order valence-corrected chi connectivity index (χ1v) is 12.0. The standard InChI is InChI=1S/C27H30N2O5/c30-23-17-27(13-14-29(19-27)18-21-6-2-1-3-7-21)33-24-11-9-20(16-22(23)24)10-12-25(31)28-34-26-8-4-5-15-32-26/h1-3,6-7,9-12,16,26H,4-5,8,13-15,17-19H2,(H,28,31)/b12-10+. The lowest BCUT2D eigenvalue weighted by molar-refractivity contribution is -0.198. The smallest absolute Gasteiger partial charge is 0.267 e. The zero-order chi connectivity index (χ0) is 23.4. The lowest BCUT2D eigenvalue weighted by Crippen LogP contribution is -2.44. The summed E-state index contributed by atoms with van der Waals surface area (Å²) in [5, 5.41) is 0. The Bertz CT molecular complexity index is 1060. The van der Waals surface area contributed by atoms with Gasteiger partial charge in [-0.3, -0.25) is 14.5 Å². The summed E-state index contributed by atoms with van der Waals surface area (Å²) >= 11 is 0. The molecule has 0 saturated carbocycles. The monoisotopic (exact) mass is 462 g/mol. The molecule has 2 saturated heterocycles. The number of fused-ring (bicyclic) bond motifs is 1. The number of carbonyl (C=O) groups is 2. The van der Waals surface area contributed by atoms with Gasteiger partial charge in [-0.2, -0.15) is 0 Å². The molecule has 0 bridgehead atoms. The summed E-state index contributed by atoms with van der Waals surface area (Å²) in [6.45, 7) is 3.14. The van der Waals surface area contributed by atoms with Gasteiger partial charge in [-0.25, -0.2) is 10.3 Å². The van der Waals surface area contributed by atoms with E-state index in [0.717, 1.165) is 50.9 Å². The van der Waals surface area contributed by atoms with Gasteiger partial charge in [0.05, 0.1) is 12.0 Å². The molecule has 0 aliphatic carbocycles. The Morgan fingerprint density at radius 2 is 2.09 bits per heavy atom. The maximum absolute atomic E-state index is 13.0. The molecule has 7 heteroatoms. The van der Waals surface area contributed by atoms with Crippen molar-refractivity contribution < 1.29 is 23.9 Å². The Kier molecular flexibility index (Phi) is 6.76. The van der Waals surface area contributed by atoms with Crippen LogP contribution in [0.2, 0.25) is 0 Å². The molecule has 5 rings (SSSR count). The summed E-state index contributed by atoms with van der Waals surface area (Å²) in [6.07, 6.45) is 6.66. The Balaban J connectivity index is 1.19. The highest BCUT2D eigenvalue weighted by atomic mass is 16.8. The van der Waals surface area contributed by atoms with Crippen LogP contribution in [0.25, 0.3) is 6.08 Å². The third-order valence-electron chi connectivity index (χ3n) is 6.61. The number of carbonyl (C=O) groups excluding carboxylic acids is 2. The molecule has 2 aromatic rings. The van der Waals surface area contributed by atoms with Crippen molar-refractivity contribution in [1.29, 1.82) is 0 Å². The molecule has 7 nitrogen and oxygen atoms in total. The predicted molar refractivity (Wildman–Crippen MR) is 127 cm³/mol. The van der Waals surface area contributed by atoms with Crippen molar-refractivity contribution in [2.45, 2.75) is 50.5 Å². The minimum Gasteiger partial charge on any atom is -0.485 e. The highest BCUT2D eigenvalue weighted by molar-refractivity contribution is 6.01. The van der Waals surface area contributed by atoms with Crippen molar-refractivity contribution in [2.75, 3.05) is 19.7 Å². The molecule has 0 aromatic heterocycles. The lowest BCUT2D eigenvalue weighted by Gasteiger charge is -2.35. The van der Waals surface area contributed by atoms with E-state index in [1.165, 1.54) is 11.6 Å². The van der Waals surface area contributed by atoms with Crippen LogP contribution in [0.4, 0.5) is 0 Å². The van der Waals surface area contributed by atoms with Crippen LogP contribution in [0.5, 0.6) is 5.75 Å². The Labute approximate surface area is 199 Å². The Morgan fingerprint density at radius 1 is 1.21 bits per heavy atom. The molecule has 2 unspecified atom stereocenters. The molecule has 1 amide bonds. The highest BCUT2D eigenvalue weighted by Gasteiger charge is 2.45. The first-order chi connectivity index (χ1) is 16.6. The van der Waals surface area contributed by atoms with Crippen molar-refractivity contribution >= 4 is 17.8 Å². The van der Waals surface area contributed by atoms with E-state index in [4.69, 9.17) is 14.3 Å². The molecule has 34 heavy (non-hydrogen) atoms. The largest absolute Gasteiger partial charge is 0.485 e. The van der Waals surface area contributed by atoms with Gasteiger partial charge in [0.25, 0.3) is 5.91 Å². The molecule has 2 fully saturated rings. The molecule has 3 heterocycles. The van der Waals surface area contributed by atoms with E-state index in [1.54, 1.807) is 12.1 Å². The quantitative estimate of drug-likeness (QED) is 0.519. The van der Waals surface area contributed by atoms with Gasteiger partial charge >= 0.3 is 0 Å². The average Bonchev–Trinajstić information content (AvgIpc) is 3.23. The van der Waals surface area contributed by atoms with E-state index in [-0.39, 0.29) is 11.7 Å². The van der Waals surface area contributed by atoms with Gasteiger partial charge in [-0.1, -0.05) is 36.4 Å². The first kappa shape index (κ1) is 22.8. The number of ether oxygens (including phenoxy) is 2. The second-order valence-electron chi connectivity index (χ2n) is 9.30. The van der Waals surface area contributed by atoms with Crippen LogP contribution in [-0.4, -0.2) is 48.2 Å². The van der Waals surface area contributed by atoms with Crippen molar-refractivity contribution in [3.8, 4) is 5.75 Å². The molecule has 1 N–H and O–H groups in total. The third-order valence-corrected chi connectivity index (χ3v) is 6.61. The van der Waals surface area contributed by atoms with Crippen LogP contribution in [0.1, 0.15) is 53.6 Å².